The number of piperidine rings is 1. The Morgan fingerprint density at radius 3 is 2.27 bits per heavy atom. The number of halogens is 1. The van der Waals surface area contributed by atoms with Crippen molar-refractivity contribution in [1.29, 1.82) is 0 Å². The van der Waals surface area contributed by atoms with E-state index in [2.05, 4.69) is 34.5 Å². The van der Waals surface area contributed by atoms with Gasteiger partial charge in [-0.15, -0.1) is 0 Å². The highest BCUT2D eigenvalue weighted by Crippen LogP contribution is 2.49. The van der Waals surface area contributed by atoms with E-state index in [4.69, 9.17) is 0 Å². The number of rotatable bonds is 5. The monoisotopic (exact) mass is 554 g/mol. The molecular weight excluding hydrogens is 515 g/mol. The van der Waals surface area contributed by atoms with Gasteiger partial charge in [0.1, 0.15) is 5.82 Å². The zero-order chi connectivity index (χ0) is 28.0. The molecule has 3 aromatic carbocycles. The van der Waals surface area contributed by atoms with Crippen molar-refractivity contribution in [2.45, 2.75) is 75.0 Å². The van der Waals surface area contributed by atoms with E-state index < -0.39 is 0 Å². The molecule has 2 atom stereocenters. The van der Waals surface area contributed by atoms with Gasteiger partial charge in [-0.3, -0.25) is 9.69 Å². The standard InChI is InChI=1S/C34H39FN4O2/c35-28-10-9-25-19-24(7-8-26(25)20-28)23-39-30-11-12-31(39)22-29(21-30)36-33(41)38-16-4-15-37(17-18-38)32(40)34(13-14-34)27-5-2-1-3-6-27/h1-3,5-10,19-20,29-31H,4,11-18,21-23H2,(H,36,41)/t30-,31-/m1/s1. The summed E-state index contributed by atoms with van der Waals surface area (Å²) >= 11 is 0. The van der Waals surface area contributed by atoms with Crippen LogP contribution >= 0.6 is 0 Å². The van der Waals surface area contributed by atoms with Gasteiger partial charge in [0.15, 0.2) is 0 Å². The summed E-state index contributed by atoms with van der Waals surface area (Å²) in [5.41, 5.74) is 2.03. The van der Waals surface area contributed by atoms with Crippen LogP contribution in [0.3, 0.4) is 0 Å². The molecule has 41 heavy (non-hydrogen) atoms. The molecule has 214 valence electrons. The number of fused-ring (bicyclic) bond motifs is 3. The van der Waals surface area contributed by atoms with Crippen LogP contribution in [0.15, 0.2) is 66.7 Å². The van der Waals surface area contributed by atoms with Crippen LogP contribution in [-0.2, 0) is 16.8 Å². The van der Waals surface area contributed by atoms with E-state index >= 15 is 0 Å². The molecule has 3 heterocycles. The summed E-state index contributed by atoms with van der Waals surface area (Å²) in [5.74, 6) is 0.0293. The molecule has 4 aliphatic rings. The minimum atomic E-state index is -0.350. The fourth-order valence-corrected chi connectivity index (χ4v) is 7.63. The van der Waals surface area contributed by atoms with Gasteiger partial charge in [0.05, 0.1) is 5.41 Å². The molecule has 6 nitrogen and oxygen atoms in total. The largest absolute Gasteiger partial charge is 0.340 e. The first kappa shape index (κ1) is 26.4. The summed E-state index contributed by atoms with van der Waals surface area (Å²) in [6, 6.07) is 22.6. The first-order chi connectivity index (χ1) is 20.0. The van der Waals surface area contributed by atoms with Gasteiger partial charge < -0.3 is 15.1 Å². The Labute approximate surface area is 241 Å². The minimum Gasteiger partial charge on any atom is -0.340 e. The number of nitrogens with one attached hydrogen (secondary N) is 1. The van der Waals surface area contributed by atoms with Gasteiger partial charge in [-0.1, -0.05) is 48.5 Å². The molecule has 2 bridgehead atoms. The van der Waals surface area contributed by atoms with E-state index in [-0.39, 0.29) is 29.2 Å². The molecule has 3 saturated heterocycles. The van der Waals surface area contributed by atoms with E-state index in [9.17, 15) is 14.0 Å². The second-order valence-corrected chi connectivity index (χ2v) is 12.6. The quantitative estimate of drug-likeness (QED) is 0.457. The smallest absolute Gasteiger partial charge is 0.317 e. The number of benzene rings is 3. The van der Waals surface area contributed by atoms with Gasteiger partial charge >= 0.3 is 6.03 Å². The first-order valence-corrected chi connectivity index (χ1v) is 15.3. The Morgan fingerprint density at radius 1 is 0.829 bits per heavy atom. The fraction of sp³-hybridized carbons (Fsp3) is 0.471. The Morgan fingerprint density at radius 2 is 1.51 bits per heavy atom. The highest BCUT2D eigenvalue weighted by Gasteiger charge is 2.53. The molecule has 4 fully saturated rings. The van der Waals surface area contributed by atoms with Crippen LogP contribution in [0.5, 0.6) is 0 Å². The van der Waals surface area contributed by atoms with Crippen LogP contribution in [0.2, 0.25) is 0 Å². The lowest BCUT2D eigenvalue weighted by atomic mass is 9.94. The molecule has 3 amide bonds. The highest BCUT2D eigenvalue weighted by atomic mass is 19.1. The third-order valence-electron chi connectivity index (χ3n) is 10.00. The predicted octanol–water partition coefficient (Wildman–Crippen LogP) is 5.45. The van der Waals surface area contributed by atoms with Crippen LogP contribution in [0.4, 0.5) is 9.18 Å². The summed E-state index contributed by atoms with van der Waals surface area (Å²) < 4.78 is 13.6. The zero-order valence-corrected chi connectivity index (χ0v) is 23.6. The van der Waals surface area contributed by atoms with Crippen molar-refractivity contribution >= 4 is 22.7 Å². The molecule has 0 spiro atoms. The lowest BCUT2D eigenvalue weighted by molar-refractivity contribution is -0.133. The van der Waals surface area contributed by atoms with Crippen LogP contribution in [-0.4, -0.2) is 70.9 Å². The Bertz CT molecular complexity index is 1430. The molecule has 3 aromatic rings. The maximum absolute atomic E-state index is 13.6. The fourth-order valence-electron chi connectivity index (χ4n) is 7.63. The topological polar surface area (TPSA) is 55.9 Å². The number of amides is 3. The summed E-state index contributed by atoms with van der Waals surface area (Å²) in [7, 11) is 0. The average molecular weight is 555 g/mol. The third-order valence-corrected chi connectivity index (χ3v) is 10.00. The van der Waals surface area contributed by atoms with Crippen molar-refractivity contribution in [3.63, 3.8) is 0 Å². The predicted molar refractivity (Wildman–Crippen MR) is 158 cm³/mol. The Hall–Kier alpha value is -3.45. The van der Waals surface area contributed by atoms with Crippen molar-refractivity contribution in [3.05, 3.63) is 83.7 Å². The van der Waals surface area contributed by atoms with E-state index in [1.165, 1.54) is 24.5 Å². The van der Waals surface area contributed by atoms with Crippen LogP contribution in [0.1, 0.15) is 56.1 Å². The van der Waals surface area contributed by atoms with Gasteiger partial charge in [-0.2, -0.15) is 0 Å². The third kappa shape index (κ3) is 5.21. The maximum Gasteiger partial charge on any atom is 0.317 e. The molecule has 1 N–H and O–H groups in total. The van der Waals surface area contributed by atoms with Gasteiger partial charge in [0, 0.05) is 50.8 Å². The number of carbonyl (C=O) groups is 2. The number of hydrogen-bond acceptors (Lipinski definition) is 3. The number of urea groups is 1. The number of hydrogen-bond donors (Lipinski definition) is 1. The van der Waals surface area contributed by atoms with E-state index in [1.54, 1.807) is 6.07 Å². The summed E-state index contributed by atoms with van der Waals surface area (Å²) in [4.78, 5) is 33.4. The summed E-state index contributed by atoms with van der Waals surface area (Å²) in [5, 5.41) is 5.37. The van der Waals surface area contributed by atoms with E-state index in [0.717, 1.165) is 55.0 Å². The van der Waals surface area contributed by atoms with Crippen molar-refractivity contribution in [2.24, 2.45) is 0 Å². The second kappa shape index (κ2) is 10.8. The van der Waals surface area contributed by atoms with Crippen LogP contribution < -0.4 is 5.32 Å². The minimum absolute atomic E-state index is 0.0168. The average Bonchev–Trinajstić information content (AvgIpc) is 3.79. The summed E-state index contributed by atoms with van der Waals surface area (Å²) in [6.07, 6.45) is 6.92. The lowest BCUT2D eigenvalue weighted by Crippen LogP contribution is -2.53. The SMILES string of the molecule is O=C(NC1C[C@H]2CC[C@H](C1)N2Cc1ccc2cc(F)ccc2c1)N1CCCN(C(=O)C2(c3ccccc3)CC2)CC1. The molecule has 1 saturated carbocycles. The molecular formula is C34H39FN4O2. The lowest BCUT2D eigenvalue weighted by Gasteiger charge is -2.40. The zero-order valence-electron chi connectivity index (χ0n) is 23.6. The maximum atomic E-state index is 13.6. The first-order valence-electron chi connectivity index (χ1n) is 15.3. The Kier molecular flexibility index (Phi) is 6.93. The van der Waals surface area contributed by atoms with Crippen LogP contribution in [0.25, 0.3) is 10.8 Å². The normalized spacial score (nSPS) is 25.6. The molecule has 3 aliphatic heterocycles. The Balaban J connectivity index is 0.933. The molecule has 1 aliphatic carbocycles. The van der Waals surface area contributed by atoms with Gasteiger partial charge in [-0.25, -0.2) is 9.18 Å². The number of carbonyl (C=O) groups excluding carboxylic acids is 2. The molecule has 0 aromatic heterocycles. The van der Waals surface area contributed by atoms with Crippen molar-refractivity contribution < 1.29 is 14.0 Å². The van der Waals surface area contributed by atoms with Gasteiger partial charge in [0.2, 0.25) is 5.91 Å². The number of nitrogens with zero attached hydrogens (tertiary/aromatic N) is 3. The summed E-state index contributed by atoms with van der Waals surface area (Å²) in [6.45, 7) is 3.47. The van der Waals surface area contributed by atoms with Crippen molar-refractivity contribution in [2.75, 3.05) is 26.2 Å². The van der Waals surface area contributed by atoms with Crippen molar-refractivity contribution in [3.8, 4) is 0 Å². The van der Waals surface area contributed by atoms with Gasteiger partial charge in [-0.05, 0) is 85.0 Å². The van der Waals surface area contributed by atoms with E-state index in [1.807, 2.05) is 40.1 Å². The van der Waals surface area contributed by atoms with Crippen LogP contribution in [0, 0.1) is 5.82 Å². The highest BCUT2D eigenvalue weighted by molar-refractivity contribution is 5.91. The molecule has 7 heteroatoms. The molecule has 7 rings (SSSR count). The van der Waals surface area contributed by atoms with Crippen molar-refractivity contribution in [1.82, 2.24) is 20.0 Å². The molecule has 0 unspecified atom stereocenters. The van der Waals surface area contributed by atoms with E-state index in [0.29, 0.717) is 38.3 Å². The van der Waals surface area contributed by atoms with Gasteiger partial charge in [0.25, 0.3) is 0 Å². The second-order valence-electron chi connectivity index (χ2n) is 12.6. The molecule has 0 radical (unpaired) electrons.